The van der Waals surface area contributed by atoms with E-state index >= 15 is 0 Å². The second-order valence-corrected chi connectivity index (χ2v) is 7.38. The van der Waals surface area contributed by atoms with Gasteiger partial charge in [0.25, 0.3) is 0 Å². The maximum Gasteiger partial charge on any atom is 0.355 e. The molecule has 0 saturated carbocycles. The van der Waals surface area contributed by atoms with E-state index in [1.807, 2.05) is 6.92 Å². The Labute approximate surface area is 162 Å². The minimum Gasteiger partial charge on any atom is -0.461 e. The van der Waals surface area contributed by atoms with Crippen molar-refractivity contribution in [2.45, 2.75) is 67.3 Å². The van der Waals surface area contributed by atoms with Crippen LogP contribution >= 0.6 is 0 Å². The Bertz CT molecular complexity index is 704. The molecule has 6 nitrogen and oxygen atoms in total. The Hall–Kier alpha value is -2.11. The number of nitrogens with zero attached hydrogens (tertiary/aromatic N) is 2. The fourth-order valence-corrected chi connectivity index (χ4v) is 3.31. The van der Waals surface area contributed by atoms with Crippen LogP contribution < -0.4 is 0 Å². The summed E-state index contributed by atoms with van der Waals surface area (Å²) >= 11 is 0. The third-order valence-corrected chi connectivity index (χ3v) is 5.06. The smallest absolute Gasteiger partial charge is 0.355 e. The van der Waals surface area contributed by atoms with Gasteiger partial charge >= 0.3 is 5.97 Å². The van der Waals surface area contributed by atoms with E-state index < -0.39 is 12.0 Å². The highest BCUT2D eigenvalue weighted by Gasteiger charge is 2.32. The highest BCUT2D eigenvalue weighted by atomic mass is 16.5. The fraction of sp³-hybridized carbons (Fsp3) is 0.667. The third-order valence-electron chi connectivity index (χ3n) is 5.06. The van der Waals surface area contributed by atoms with Crippen molar-refractivity contribution in [3.8, 4) is 0 Å². The molecule has 1 rings (SSSR count). The molecule has 1 amide bonds. The number of carbonyl (C=O) groups is 3. The first-order valence-corrected chi connectivity index (χ1v) is 9.74. The number of aromatic nitrogens is 1. The molecule has 27 heavy (non-hydrogen) atoms. The number of amides is 1. The summed E-state index contributed by atoms with van der Waals surface area (Å²) in [5, 5.41) is 0. The second kappa shape index (κ2) is 9.72. The van der Waals surface area contributed by atoms with E-state index in [0.29, 0.717) is 41.4 Å². The Morgan fingerprint density at radius 2 is 1.70 bits per heavy atom. The van der Waals surface area contributed by atoms with Gasteiger partial charge in [0.2, 0.25) is 5.91 Å². The third kappa shape index (κ3) is 4.99. The SMILES string of the molecule is CCOC(=O)c1c(C)c(C(=O)C(C)N(CCC(C)C)C(=O)CC)c(C)n1C. The average Bonchev–Trinajstić information content (AvgIpc) is 2.83. The Balaban J connectivity index is 3.28. The minimum atomic E-state index is -0.578. The van der Waals surface area contributed by atoms with Crippen LogP contribution in [0.3, 0.4) is 0 Å². The monoisotopic (exact) mass is 378 g/mol. The lowest BCUT2D eigenvalue weighted by Gasteiger charge is -2.29. The summed E-state index contributed by atoms with van der Waals surface area (Å²) in [7, 11) is 1.75. The topological polar surface area (TPSA) is 68.6 Å². The number of carbonyl (C=O) groups excluding carboxylic acids is 3. The van der Waals surface area contributed by atoms with Crippen molar-refractivity contribution in [1.82, 2.24) is 9.47 Å². The number of hydrogen-bond donors (Lipinski definition) is 0. The van der Waals surface area contributed by atoms with Gasteiger partial charge in [-0.2, -0.15) is 0 Å². The maximum absolute atomic E-state index is 13.3. The molecule has 1 unspecified atom stereocenters. The van der Waals surface area contributed by atoms with Crippen LogP contribution in [-0.4, -0.2) is 46.3 Å². The van der Waals surface area contributed by atoms with Crippen LogP contribution in [0.25, 0.3) is 0 Å². The van der Waals surface area contributed by atoms with Crippen LogP contribution in [0.1, 0.15) is 79.6 Å². The molecular formula is C21H34N2O4. The van der Waals surface area contributed by atoms with Gasteiger partial charge in [-0.3, -0.25) is 9.59 Å². The number of ketones is 1. The van der Waals surface area contributed by atoms with E-state index in [-0.39, 0.29) is 18.3 Å². The van der Waals surface area contributed by atoms with E-state index in [1.54, 1.807) is 44.2 Å². The second-order valence-electron chi connectivity index (χ2n) is 7.38. The zero-order valence-corrected chi connectivity index (χ0v) is 18.0. The molecule has 0 bridgehead atoms. The van der Waals surface area contributed by atoms with E-state index in [4.69, 9.17) is 4.74 Å². The van der Waals surface area contributed by atoms with Crippen LogP contribution in [0.2, 0.25) is 0 Å². The lowest BCUT2D eigenvalue weighted by molar-refractivity contribution is -0.132. The average molecular weight is 379 g/mol. The van der Waals surface area contributed by atoms with Crippen molar-refractivity contribution < 1.29 is 19.1 Å². The molecule has 0 aliphatic carbocycles. The first-order valence-electron chi connectivity index (χ1n) is 9.74. The molecule has 152 valence electrons. The van der Waals surface area contributed by atoms with Crippen LogP contribution in [0.5, 0.6) is 0 Å². The molecule has 0 fully saturated rings. The van der Waals surface area contributed by atoms with Gasteiger partial charge in [0, 0.05) is 31.3 Å². The van der Waals surface area contributed by atoms with E-state index in [0.717, 1.165) is 6.42 Å². The summed E-state index contributed by atoms with van der Waals surface area (Å²) in [6.45, 7) is 13.9. The Morgan fingerprint density at radius 3 is 2.19 bits per heavy atom. The summed E-state index contributed by atoms with van der Waals surface area (Å²) < 4.78 is 6.83. The summed E-state index contributed by atoms with van der Waals surface area (Å²) in [5.74, 6) is -0.168. The first kappa shape index (κ1) is 22.9. The predicted octanol–water partition coefficient (Wildman–Crippen LogP) is 3.67. The first-order chi connectivity index (χ1) is 12.6. The predicted molar refractivity (Wildman–Crippen MR) is 106 cm³/mol. The normalized spacial score (nSPS) is 12.2. The standard InChI is InChI=1S/C21H34N2O4/c1-9-17(24)23(12-11-13(3)4)16(7)20(25)18-14(5)19(21(26)27-10-2)22(8)15(18)6/h13,16H,9-12H2,1-8H3. The lowest BCUT2D eigenvalue weighted by atomic mass is 9.99. The van der Waals surface area contributed by atoms with Gasteiger partial charge < -0.3 is 14.2 Å². The van der Waals surface area contributed by atoms with Gasteiger partial charge in [0.1, 0.15) is 5.69 Å². The molecule has 6 heteroatoms. The van der Waals surface area contributed by atoms with Crippen molar-refractivity contribution in [3.63, 3.8) is 0 Å². The van der Waals surface area contributed by atoms with Crippen molar-refractivity contribution in [2.75, 3.05) is 13.2 Å². The van der Waals surface area contributed by atoms with Crippen molar-refractivity contribution >= 4 is 17.7 Å². The molecule has 0 saturated heterocycles. The van der Waals surface area contributed by atoms with Crippen molar-refractivity contribution in [2.24, 2.45) is 13.0 Å². The van der Waals surface area contributed by atoms with Gasteiger partial charge in [0.15, 0.2) is 5.78 Å². The van der Waals surface area contributed by atoms with E-state index in [9.17, 15) is 14.4 Å². The maximum atomic E-state index is 13.3. The number of ether oxygens (including phenoxy) is 1. The molecular weight excluding hydrogens is 344 g/mol. The quantitative estimate of drug-likeness (QED) is 0.486. The molecule has 0 spiro atoms. The van der Waals surface area contributed by atoms with Crippen molar-refractivity contribution in [3.05, 3.63) is 22.5 Å². The highest BCUT2D eigenvalue weighted by molar-refractivity contribution is 6.06. The Morgan fingerprint density at radius 1 is 1.11 bits per heavy atom. The van der Waals surface area contributed by atoms with Crippen LogP contribution in [-0.2, 0) is 16.6 Å². The zero-order valence-electron chi connectivity index (χ0n) is 18.0. The van der Waals surface area contributed by atoms with E-state index in [1.165, 1.54) is 0 Å². The summed E-state index contributed by atoms with van der Waals surface area (Å²) in [4.78, 5) is 39.7. The minimum absolute atomic E-state index is 0.0339. The molecule has 0 N–H and O–H groups in total. The van der Waals surface area contributed by atoms with E-state index in [2.05, 4.69) is 13.8 Å². The zero-order chi connectivity index (χ0) is 20.9. The fourth-order valence-electron chi connectivity index (χ4n) is 3.31. The largest absolute Gasteiger partial charge is 0.461 e. The highest BCUT2D eigenvalue weighted by Crippen LogP contribution is 2.25. The molecule has 0 aliphatic rings. The number of rotatable bonds is 9. The molecule has 1 aromatic heterocycles. The van der Waals surface area contributed by atoms with Crippen LogP contribution in [0.15, 0.2) is 0 Å². The molecule has 1 atom stereocenters. The summed E-state index contributed by atoms with van der Waals surface area (Å²) in [6, 6.07) is -0.578. The number of Topliss-reactive ketones (excluding diaryl/α,β-unsaturated/α-hetero) is 1. The molecule has 1 aromatic rings. The number of esters is 1. The Kier molecular flexibility index (Phi) is 8.25. The van der Waals surface area contributed by atoms with Gasteiger partial charge in [-0.1, -0.05) is 20.8 Å². The molecule has 0 aliphatic heterocycles. The van der Waals surface area contributed by atoms with Crippen molar-refractivity contribution in [1.29, 1.82) is 0 Å². The number of hydrogen-bond acceptors (Lipinski definition) is 4. The van der Waals surface area contributed by atoms with Gasteiger partial charge in [0.05, 0.1) is 12.6 Å². The summed E-state index contributed by atoms with van der Waals surface area (Å²) in [6.07, 6.45) is 1.20. The van der Waals surface area contributed by atoms with Gasteiger partial charge in [-0.05, 0) is 45.6 Å². The lowest BCUT2D eigenvalue weighted by Crippen LogP contribution is -2.44. The van der Waals surface area contributed by atoms with Gasteiger partial charge in [-0.15, -0.1) is 0 Å². The van der Waals surface area contributed by atoms with Crippen LogP contribution in [0.4, 0.5) is 0 Å². The van der Waals surface area contributed by atoms with Gasteiger partial charge in [-0.25, -0.2) is 4.79 Å². The molecule has 0 aromatic carbocycles. The van der Waals surface area contributed by atoms with Crippen LogP contribution in [0, 0.1) is 19.8 Å². The summed E-state index contributed by atoms with van der Waals surface area (Å²) in [5.41, 5.74) is 2.21. The molecule has 0 radical (unpaired) electrons. The molecule has 1 heterocycles.